The second-order valence-corrected chi connectivity index (χ2v) is 6.65. The summed E-state index contributed by atoms with van der Waals surface area (Å²) < 4.78 is 10.6. The average Bonchev–Trinajstić information content (AvgIpc) is 3.40. The summed E-state index contributed by atoms with van der Waals surface area (Å²) in [6, 6.07) is 3.42. The van der Waals surface area contributed by atoms with E-state index in [0.29, 0.717) is 55.6 Å². The number of hydrogen-bond acceptors (Lipinski definition) is 4. The Morgan fingerprint density at radius 2 is 1.96 bits per heavy atom. The number of hydrogen-bond donors (Lipinski definition) is 1. The number of aryl methyl sites for hydroxylation is 1. The lowest BCUT2D eigenvalue weighted by Crippen LogP contribution is -2.47. The van der Waals surface area contributed by atoms with Gasteiger partial charge in [0.05, 0.1) is 26.0 Å². The Bertz CT molecular complexity index is 667. The van der Waals surface area contributed by atoms with Crippen LogP contribution in [0.25, 0.3) is 0 Å². The maximum Gasteiger partial charge on any atom is 0.240 e. The topological polar surface area (TPSA) is 67.9 Å². The molecule has 1 N–H and O–H groups in total. The smallest absolute Gasteiger partial charge is 0.240 e. The van der Waals surface area contributed by atoms with E-state index < -0.39 is 5.41 Å². The molecule has 1 saturated carbocycles. The number of rotatable bonds is 4. The molecule has 2 amide bonds. The van der Waals surface area contributed by atoms with Gasteiger partial charge in [-0.3, -0.25) is 9.59 Å². The van der Waals surface area contributed by atoms with Crippen molar-refractivity contribution in [2.24, 2.45) is 5.41 Å². The standard InChI is InChI=1S/C17H21ClN2O4/c1-11-9-13(14(23-2)10-12(11)18)19-15(21)17(3-4-17)16(22)20-5-7-24-8-6-20/h9-10H,3-8H2,1-2H3,(H,19,21). The van der Waals surface area contributed by atoms with Gasteiger partial charge in [0.2, 0.25) is 11.8 Å². The largest absolute Gasteiger partial charge is 0.495 e. The van der Waals surface area contributed by atoms with Crippen molar-refractivity contribution in [2.75, 3.05) is 38.7 Å². The first-order chi connectivity index (χ1) is 11.5. The summed E-state index contributed by atoms with van der Waals surface area (Å²) in [5.74, 6) is 0.0977. The lowest BCUT2D eigenvalue weighted by atomic mass is 10.0. The van der Waals surface area contributed by atoms with Gasteiger partial charge in [-0.05, 0) is 31.4 Å². The number of carbonyl (C=O) groups is 2. The van der Waals surface area contributed by atoms with Crippen molar-refractivity contribution >= 4 is 29.1 Å². The van der Waals surface area contributed by atoms with E-state index in [1.165, 1.54) is 7.11 Å². The molecule has 2 fully saturated rings. The molecule has 1 saturated heterocycles. The number of anilines is 1. The Morgan fingerprint density at radius 3 is 2.54 bits per heavy atom. The van der Waals surface area contributed by atoms with Crippen LogP contribution in [0, 0.1) is 12.3 Å². The lowest BCUT2D eigenvalue weighted by molar-refractivity contribution is -0.145. The van der Waals surface area contributed by atoms with Gasteiger partial charge in [0.15, 0.2) is 0 Å². The van der Waals surface area contributed by atoms with Gasteiger partial charge in [-0.15, -0.1) is 0 Å². The molecule has 0 atom stereocenters. The number of nitrogens with one attached hydrogen (secondary N) is 1. The molecule has 1 aliphatic carbocycles. The van der Waals surface area contributed by atoms with Crippen molar-refractivity contribution in [3.05, 3.63) is 22.7 Å². The molecule has 0 unspecified atom stereocenters. The fourth-order valence-corrected chi connectivity index (χ4v) is 3.06. The molecule has 24 heavy (non-hydrogen) atoms. The molecule has 7 heteroatoms. The summed E-state index contributed by atoms with van der Waals surface area (Å²) in [6.45, 7) is 3.97. The van der Waals surface area contributed by atoms with Crippen LogP contribution in [0.4, 0.5) is 5.69 Å². The first kappa shape index (κ1) is 17.0. The van der Waals surface area contributed by atoms with E-state index in [1.807, 2.05) is 6.92 Å². The number of ether oxygens (including phenoxy) is 2. The molecule has 0 bridgehead atoms. The Hall–Kier alpha value is -1.79. The van der Waals surface area contributed by atoms with Crippen LogP contribution >= 0.6 is 11.6 Å². The zero-order valence-electron chi connectivity index (χ0n) is 13.9. The van der Waals surface area contributed by atoms with Crippen molar-refractivity contribution in [3.63, 3.8) is 0 Å². The number of carbonyl (C=O) groups excluding carboxylic acids is 2. The number of nitrogens with zero attached hydrogens (tertiary/aromatic N) is 1. The Balaban J connectivity index is 1.77. The monoisotopic (exact) mass is 352 g/mol. The van der Waals surface area contributed by atoms with Gasteiger partial charge < -0.3 is 19.7 Å². The molecule has 1 aliphatic heterocycles. The highest BCUT2D eigenvalue weighted by atomic mass is 35.5. The van der Waals surface area contributed by atoms with Crippen LogP contribution in [0.1, 0.15) is 18.4 Å². The van der Waals surface area contributed by atoms with Crippen molar-refractivity contribution < 1.29 is 19.1 Å². The van der Waals surface area contributed by atoms with Gasteiger partial charge in [0, 0.05) is 24.2 Å². The molecule has 1 heterocycles. The van der Waals surface area contributed by atoms with E-state index in [2.05, 4.69) is 5.32 Å². The molecule has 6 nitrogen and oxygen atoms in total. The fraction of sp³-hybridized carbons (Fsp3) is 0.529. The SMILES string of the molecule is COc1cc(Cl)c(C)cc1NC(=O)C1(C(=O)N2CCOCC2)CC1. The average molecular weight is 353 g/mol. The van der Waals surface area contributed by atoms with Gasteiger partial charge in [0.25, 0.3) is 0 Å². The minimum absolute atomic E-state index is 0.104. The molecule has 1 aromatic rings. The van der Waals surface area contributed by atoms with Gasteiger partial charge in [-0.25, -0.2) is 0 Å². The van der Waals surface area contributed by atoms with E-state index >= 15 is 0 Å². The van der Waals surface area contributed by atoms with Crippen LogP contribution in [-0.2, 0) is 14.3 Å². The molecular weight excluding hydrogens is 332 g/mol. The molecule has 3 rings (SSSR count). The summed E-state index contributed by atoms with van der Waals surface area (Å²) in [5, 5.41) is 3.42. The quantitative estimate of drug-likeness (QED) is 0.844. The molecule has 130 valence electrons. The second-order valence-electron chi connectivity index (χ2n) is 6.24. The van der Waals surface area contributed by atoms with Crippen LogP contribution in [0.2, 0.25) is 5.02 Å². The van der Waals surface area contributed by atoms with Crippen LogP contribution in [-0.4, -0.2) is 50.1 Å². The molecular formula is C17H21ClN2O4. The number of halogens is 1. The Labute approximate surface area is 146 Å². The minimum Gasteiger partial charge on any atom is -0.495 e. The predicted octanol–water partition coefficient (Wildman–Crippen LogP) is 2.23. The van der Waals surface area contributed by atoms with Gasteiger partial charge in [-0.1, -0.05) is 11.6 Å². The van der Waals surface area contributed by atoms with Crippen molar-refractivity contribution in [3.8, 4) is 5.75 Å². The van der Waals surface area contributed by atoms with Crippen molar-refractivity contribution in [1.82, 2.24) is 4.90 Å². The summed E-state index contributed by atoms with van der Waals surface area (Å²) in [6.07, 6.45) is 1.15. The second kappa shape index (κ2) is 6.61. The number of morpholine rings is 1. The molecule has 0 spiro atoms. The zero-order valence-corrected chi connectivity index (χ0v) is 14.6. The van der Waals surface area contributed by atoms with Gasteiger partial charge in [0.1, 0.15) is 11.2 Å². The highest BCUT2D eigenvalue weighted by Crippen LogP contribution is 2.48. The highest BCUT2D eigenvalue weighted by molar-refractivity contribution is 6.31. The third-order valence-electron chi connectivity index (χ3n) is 4.62. The van der Waals surface area contributed by atoms with Gasteiger partial charge >= 0.3 is 0 Å². The van der Waals surface area contributed by atoms with Crippen LogP contribution in [0.3, 0.4) is 0 Å². The number of amides is 2. The van der Waals surface area contributed by atoms with Crippen LogP contribution < -0.4 is 10.1 Å². The zero-order chi connectivity index (χ0) is 17.3. The number of methoxy groups -OCH3 is 1. The minimum atomic E-state index is -0.949. The summed E-state index contributed by atoms with van der Waals surface area (Å²) >= 11 is 6.09. The Kier molecular flexibility index (Phi) is 4.69. The molecule has 0 aromatic heterocycles. The summed E-state index contributed by atoms with van der Waals surface area (Å²) in [7, 11) is 1.52. The van der Waals surface area contributed by atoms with Crippen LogP contribution in [0.5, 0.6) is 5.75 Å². The number of benzene rings is 1. The molecule has 2 aliphatic rings. The lowest BCUT2D eigenvalue weighted by Gasteiger charge is -2.30. The molecule has 0 radical (unpaired) electrons. The van der Waals surface area contributed by atoms with E-state index in [1.54, 1.807) is 17.0 Å². The van der Waals surface area contributed by atoms with Crippen molar-refractivity contribution in [2.45, 2.75) is 19.8 Å². The highest BCUT2D eigenvalue weighted by Gasteiger charge is 2.58. The van der Waals surface area contributed by atoms with Crippen LogP contribution in [0.15, 0.2) is 12.1 Å². The first-order valence-electron chi connectivity index (χ1n) is 8.00. The Morgan fingerprint density at radius 1 is 1.29 bits per heavy atom. The maximum absolute atomic E-state index is 12.8. The normalized spacial score (nSPS) is 18.9. The predicted molar refractivity (Wildman–Crippen MR) is 90.4 cm³/mol. The maximum atomic E-state index is 12.8. The third-order valence-corrected chi connectivity index (χ3v) is 5.03. The third kappa shape index (κ3) is 3.08. The van der Waals surface area contributed by atoms with Gasteiger partial charge in [-0.2, -0.15) is 0 Å². The van der Waals surface area contributed by atoms with E-state index in [9.17, 15) is 9.59 Å². The fourth-order valence-electron chi connectivity index (χ4n) is 2.90. The van der Waals surface area contributed by atoms with E-state index in [0.717, 1.165) is 5.56 Å². The van der Waals surface area contributed by atoms with E-state index in [4.69, 9.17) is 21.1 Å². The van der Waals surface area contributed by atoms with Crippen molar-refractivity contribution in [1.29, 1.82) is 0 Å². The summed E-state index contributed by atoms with van der Waals surface area (Å²) in [5.41, 5.74) is 0.415. The first-order valence-corrected chi connectivity index (χ1v) is 8.38. The van der Waals surface area contributed by atoms with E-state index in [-0.39, 0.29) is 11.8 Å². The molecule has 1 aromatic carbocycles. The summed E-state index contributed by atoms with van der Waals surface area (Å²) in [4.78, 5) is 27.2.